The van der Waals surface area contributed by atoms with Gasteiger partial charge >= 0.3 is 15.5 Å². The number of rotatable bonds is 5. The van der Waals surface area contributed by atoms with Gasteiger partial charge in [-0.15, -0.1) is 0 Å². The van der Waals surface area contributed by atoms with Crippen LogP contribution in [0.3, 0.4) is 0 Å². The first-order chi connectivity index (χ1) is 14.1. The normalized spacial score (nSPS) is 17.4. The van der Waals surface area contributed by atoms with Crippen molar-refractivity contribution in [2.24, 2.45) is 4.99 Å². The molecular formula is C19H26F3N5O2S. The molecule has 1 aliphatic heterocycles. The first-order valence-corrected chi connectivity index (χ1v) is 11.2. The Bertz CT molecular complexity index is 1010. The average molecular weight is 446 g/mol. The molecule has 3 N–H and O–H groups in total. The van der Waals surface area contributed by atoms with Gasteiger partial charge in [0.05, 0.1) is 0 Å². The van der Waals surface area contributed by atoms with E-state index in [-0.39, 0.29) is 32.0 Å². The molecule has 0 spiro atoms. The molecular weight excluding hydrogens is 419 g/mol. The molecule has 1 aromatic carbocycles. The molecule has 0 bridgehead atoms. The van der Waals surface area contributed by atoms with E-state index in [1.807, 2.05) is 18.3 Å². The third-order valence-corrected chi connectivity index (χ3v) is 6.96. The quantitative estimate of drug-likeness (QED) is 0.487. The lowest BCUT2D eigenvalue weighted by Crippen LogP contribution is -2.51. The number of aryl methyl sites for hydroxylation is 1. The van der Waals surface area contributed by atoms with Crippen LogP contribution in [0.15, 0.2) is 29.4 Å². The number of hydrogen-bond donors (Lipinski definition) is 3. The van der Waals surface area contributed by atoms with Crippen LogP contribution in [-0.4, -0.2) is 61.9 Å². The van der Waals surface area contributed by atoms with E-state index < -0.39 is 15.5 Å². The second kappa shape index (κ2) is 8.84. The number of hydrogen-bond acceptors (Lipinski definition) is 3. The number of aliphatic imine (C=N–C) groups is 1. The van der Waals surface area contributed by atoms with Crippen LogP contribution in [0.4, 0.5) is 13.2 Å². The SMILES string of the molecule is CN=C(NCCc1c[nH]c2cccc(C)c12)NC1CCN(S(=O)(=O)C(F)(F)F)CC1. The van der Waals surface area contributed by atoms with Crippen LogP contribution in [0.1, 0.15) is 24.0 Å². The Labute approximate surface area is 173 Å². The number of guanidine groups is 1. The van der Waals surface area contributed by atoms with Gasteiger partial charge in [-0.05, 0) is 43.4 Å². The van der Waals surface area contributed by atoms with E-state index in [4.69, 9.17) is 0 Å². The van der Waals surface area contributed by atoms with Gasteiger partial charge < -0.3 is 15.6 Å². The number of benzene rings is 1. The number of fused-ring (bicyclic) bond motifs is 1. The number of piperidine rings is 1. The van der Waals surface area contributed by atoms with Crippen molar-refractivity contribution in [3.05, 3.63) is 35.5 Å². The molecule has 0 aliphatic carbocycles. The molecule has 2 heterocycles. The summed E-state index contributed by atoms with van der Waals surface area (Å²) in [6.45, 7) is 2.34. The maximum Gasteiger partial charge on any atom is 0.511 e. The Kier molecular flexibility index (Phi) is 6.61. The zero-order valence-electron chi connectivity index (χ0n) is 16.9. The van der Waals surface area contributed by atoms with Gasteiger partial charge in [0, 0.05) is 49.8 Å². The highest BCUT2D eigenvalue weighted by Crippen LogP contribution is 2.29. The smallest absolute Gasteiger partial charge is 0.361 e. The van der Waals surface area contributed by atoms with Crippen LogP contribution < -0.4 is 10.6 Å². The minimum Gasteiger partial charge on any atom is -0.361 e. The Morgan fingerprint density at radius 2 is 2.00 bits per heavy atom. The number of sulfonamides is 1. The number of halogens is 3. The first-order valence-electron chi connectivity index (χ1n) is 9.72. The summed E-state index contributed by atoms with van der Waals surface area (Å²) < 4.78 is 61.6. The maximum atomic E-state index is 12.7. The standard InChI is InChI=1S/C19H26F3N5O2S/c1-13-4-3-5-16-17(13)14(12-25-16)6-9-24-18(23-2)26-15-7-10-27(11-8-15)30(28,29)19(20,21)22/h3-5,12,15,25H,6-11H2,1-2H3,(H2,23,24,26). The van der Waals surface area contributed by atoms with E-state index >= 15 is 0 Å². The van der Waals surface area contributed by atoms with Gasteiger partial charge in [-0.3, -0.25) is 4.99 Å². The van der Waals surface area contributed by atoms with E-state index in [1.165, 1.54) is 16.5 Å². The molecule has 166 valence electrons. The van der Waals surface area contributed by atoms with Gasteiger partial charge in [-0.25, -0.2) is 8.42 Å². The van der Waals surface area contributed by atoms with Gasteiger partial charge in [-0.2, -0.15) is 17.5 Å². The molecule has 1 aromatic heterocycles. The van der Waals surface area contributed by atoms with Crippen molar-refractivity contribution >= 4 is 26.9 Å². The molecule has 0 unspecified atom stereocenters. The third-order valence-electron chi connectivity index (χ3n) is 5.33. The topological polar surface area (TPSA) is 89.6 Å². The largest absolute Gasteiger partial charge is 0.511 e. The summed E-state index contributed by atoms with van der Waals surface area (Å²) in [5.41, 5.74) is -1.78. The van der Waals surface area contributed by atoms with Crippen LogP contribution in [0.5, 0.6) is 0 Å². The molecule has 11 heteroatoms. The molecule has 0 saturated carbocycles. The molecule has 7 nitrogen and oxygen atoms in total. The highest BCUT2D eigenvalue weighted by molar-refractivity contribution is 7.90. The number of aromatic amines is 1. The number of alkyl halides is 3. The van der Waals surface area contributed by atoms with E-state index in [0.29, 0.717) is 16.8 Å². The van der Waals surface area contributed by atoms with Crippen LogP contribution in [-0.2, 0) is 16.4 Å². The van der Waals surface area contributed by atoms with Crippen LogP contribution in [0.25, 0.3) is 10.9 Å². The Hall–Kier alpha value is -2.27. The average Bonchev–Trinajstić information content (AvgIpc) is 3.11. The summed E-state index contributed by atoms with van der Waals surface area (Å²) in [7, 11) is -3.64. The van der Waals surface area contributed by atoms with Crippen LogP contribution in [0.2, 0.25) is 0 Å². The zero-order valence-corrected chi connectivity index (χ0v) is 17.7. The Morgan fingerprint density at radius 1 is 1.30 bits per heavy atom. The lowest BCUT2D eigenvalue weighted by atomic mass is 10.1. The lowest BCUT2D eigenvalue weighted by molar-refractivity contribution is -0.0494. The third kappa shape index (κ3) is 4.72. The lowest BCUT2D eigenvalue weighted by Gasteiger charge is -2.32. The van der Waals surface area contributed by atoms with Crippen molar-refractivity contribution in [3.63, 3.8) is 0 Å². The van der Waals surface area contributed by atoms with E-state index in [1.54, 1.807) is 7.05 Å². The van der Waals surface area contributed by atoms with E-state index in [0.717, 1.165) is 11.9 Å². The summed E-state index contributed by atoms with van der Waals surface area (Å²) in [6.07, 6.45) is 3.31. The predicted molar refractivity (Wildman–Crippen MR) is 111 cm³/mol. The Balaban J connectivity index is 1.50. The monoisotopic (exact) mass is 445 g/mol. The number of H-pyrrole nitrogens is 1. The molecule has 0 atom stereocenters. The van der Waals surface area contributed by atoms with Gasteiger partial charge in [0.1, 0.15) is 0 Å². The van der Waals surface area contributed by atoms with Crippen LogP contribution in [0, 0.1) is 6.92 Å². The Morgan fingerprint density at radius 3 is 2.63 bits per heavy atom. The van der Waals surface area contributed by atoms with Gasteiger partial charge in [0.15, 0.2) is 5.96 Å². The fourth-order valence-electron chi connectivity index (χ4n) is 3.74. The second-order valence-electron chi connectivity index (χ2n) is 7.33. The summed E-state index contributed by atoms with van der Waals surface area (Å²) in [4.78, 5) is 7.43. The minimum atomic E-state index is -5.26. The van der Waals surface area contributed by atoms with Crippen molar-refractivity contribution in [3.8, 4) is 0 Å². The fraction of sp³-hybridized carbons (Fsp3) is 0.526. The fourth-order valence-corrected chi connectivity index (χ4v) is 4.72. The summed E-state index contributed by atoms with van der Waals surface area (Å²) >= 11 is 0. The molecule has 2 aromatic rings. The van der Waals surface area contributed by atoms with E-state index in [2.05, 4.69) is 33.6 Å². The van der Waals surface area contributed by atoms with Gasteiger partial charge in [0.25, 0.3) is 0 Å². The highest BCUT2D eigenvalue weighted by Gasteiger charge is 2.50. The van der Waals surface area contributed by atoms with E-state index in [9.17, 15) is 21.6 Å². The molecule has 0 radical (unpaired) electrons. The maximum absolute atomic E-state index is 12.7. The molecule has 1 aliphatic rings. The van der Waals surface area contributed by atoms with Crippen molar-refractivity contribution in [2.45, 2.75) is 37.7 Å². The van der Waals surface area contributed by atoms with Gasteiger partial charge in [-0.1, -0.05) is 12.1 Å². The molecule has 1 fully saturated rings. The molecule has 3 rings (SSSR count). The number of nitrogens with one attached hydrogen (secondary N) is 3. The second-order valence-corrected chi connectivity index (χ2v) is 9.26. The zero-order chi connectivity index (χ0) is 21.9. The number of aromatic nitrogens is 1. The minimum absolute atomic E-state index is 0.147. The number of nitrogens with zero attached hydrogens (tertiary/aromatic N) is 2. The molecule has 1 saturated heterocycles. The van der Waals surface area contributed by atoms with Crippen molar-refractivity contribution in [1.29, 1.82) is 0 Å². The predicted octanol–water partition coefficient (Wildman–Crippen LogP) is 2.50. The summed E-state index contributed by atoms with van der Waals surface area (Å²) in [5.74, 6) is 0.545. The van der Waals surface area contributed by atoms with Crippen molar-refractivity contribution in [1.82, 2.24) is 19.9 Å². The van der Waals surface area contributed by atoms with Gasteiger partial charge in [0.2, 0.25) is 0 Å². The summed E-state index contributed by atoms with van der Waals surface area (Å²) in [6, 6.07) is 5.96. The summed E-state index contributed by atoms with van der Waals surface area (Å²) in [5, 5.41) is 7.60. The van der Waals surface area contributed by atoms with Crippen molar-refractivity contribution in [2.75, 3.05) is 26.7 Å². The highest BCUT2D eigenvalue weighted by atomic mass is 32.2. The molecule has 0 amide bonds. The first kappa shape index (κ1) is 22.4. The molecule has 30 heavy (non-hydrogen) atoms. The van der Waals surface area contributed by atoms with Crippen LogP contribution >= 0.6 is 0 Å². The van der Waals surface area contributed by atoms with Crippen molar-refractivity contribution < 1.29 is 21.6 Å².